The standard InChI is InChI=1S/C23H32N6/c1-17-26-27-21(28(17)2)15-24-22(25-19-10-11-19)29-14-6-13-23(16-29)12-5-8-18-7-3-4-9-20(18)23/h3-4,7,9,19H,5-6,8,10-16H2,1-2H3,(H,24,25). The van der Waals surface area contributed by atoms with Crippen LogP contribution in [0, 0.1) is 6.92 Å². The number of fused-ring (bicyclic) bond motifs is 2. The average molecular weight is 393 g/mol. The van der Waals surface area contributed by atoms with Gasteiger partial charge < -0.3 is 14.8 Å². The van der Waals surface area contributed by atoms with Crippen LogP contribution >= 0.6 is 0 Å². The molecule has 5 rings (SSSR count). The maximum Gasteiger partial charge on any atom is 0.194 e. The summed E-state index contributed by atoms with van der Waals surface area (Å²) in [5.41, 5.74) is 3.43. The summed E-state index contributed by atoms with van der Waals surface area (Å²) in [7, 11) is 2.02. The van der Waals surface area contributed by atoms with Gasteiger partial charge in [-0.25, -0.2) is 4.99 Å². The smallest absolute Gasteiger partial charge is 0.194 e. The Hall–Kier alpha value is -2.37. The van der Waals surface area contributed by atoms with Crippen LogP contribution in [0.25, 0.3) is 0 Å². The van der Waals surface area contributed by atoms with E-state index in [1.54, 1.807) is 11.1 Å². The summed E-state index contributed by atoms with van der Waals surface area (Å²) in [6.07, 6.45) is 8.84. The van der Waals surface area contributed by atoms with Gasteiger partial charge in [0.15, 0.2) is 11.8 Å². The summed E-state index contributed by atoms with van der Waals surface area (Å²) in [6, 6.07) is 9.72. The third-order valence-corrected chi connectivity index (χ3v) is 7.03. The van der Waals surface area contributed by atoms with E-state index in [0.717, 1.165) is 30.7 Å². The first-order valence-electron chi connectivity index (χ1n) is 11.1. The molecular weight excluding hydrogens is 360 g/mol. The number of aliphatic imine (C=N–C) groups is 1. The molecule has 0 bridgehead atoms. The molecule has 1 unspecified atom stereocenters. The van der Waals surface area contributed by atoms with E-state index in [-0.39, 0.29) is 5.41 Å². The van der Waals surface area contributed by atoms with Crippen LogP contribution < -0.4 is 5.32 Å². The highest BCUT2D eigenvalue weighted by molar-refractivity contribution is 5.81. The van der Waals surface area contributed by atoms with E-state index >= 15 is 0 Å². The highest BCUT2D eigenvalue weighted by atomic mass is 15.3. The molecule has 1 atom stereocenters. The van der Waals surface area contributed by atoms with Crippen LogP contribution in [0.4, 0.5) is 0 Å². The van der Waals surface area contributed by atoms with E-state index in [1.165, 1.54) is 44.9 Å². The molecule has 0 radical (unpaired) electrons. The van der Waals surface area contributed by atoms with Gasteiger partial charge in [-0.15, -0.1) is 10.2 Å². The molecule has 154 valence electrons. The number of rotatable bonds is 3. The van der Waals surface area contributed by atoms with E-state index in [4.69, 9.17) is 4.99 Å². The maximum atomic E-state index is 5.01. The van der Waals surface area contributed by atoms with Gasteiger partial charge in [-0.2, -0.15) is 0 Å². The summed E-state index contributed by atoms with van der Waals surface area (Å²) in [4.78, 5) is 7.54. The monoisotopic (exact) mass is 392 g/mol. The van der Waals surface area contributed by atoms with Crippen molar-refractivity contribution in [2.75, 3.05) is 13.1 Å². The number of hydrogen-bond acceptors (Lipinski definition) is 3. The van der Waals surface area contributed by atoms with Crippen molar-refractivity contribution in [1.29, 1.82) is 0 Å². The third-order valence-electron chi connectivity index (χ3n) is 7.03. The van der Waals surface area contributed by atoms with Gasteiger partial charge in [-0.3, -0.25) is 0 Å². The van der Waals surface area contributed by atoms with E-state index in [0.29, 0.717) is 12.6 Å². The van der Waals surface area contributed by atoms with Gasteiger partial charge in [0, 0.05) is 31.6 Å². The van der Waals surface area contributed by atoms with Crippen molar-refractivity contribution in [2.45, 2.75) is 69.9 Å². The Bertz CT molecular complexity index is 912. The summed E-state index contributed by atoms with van der Waals surface area (Å²) in [5.74, 6) is 2.92. The Morgan fingerprint density at radius 1 is 1.21 bits per heavy atom. The second-order valence-corrected chi connectivity index (χ2v) is 9.10. The quantitative estimate of drug-likeness (QED) is 0.644. The minimum absolute atomic E-state index is 0.278. The van der Waals surface area contributed by atoms with Gasteiger partial charge in [0.2, 0.25) is 0 Å². The Balaban J connectivity index is 1.41. The molecule has 1 aromatic heterocycles. The number of piperidine rings is 1. The van der Waals surface area contributed by atoms with Gasteiger partial charge in [0.25, 0.3) is 0 Å². The van der Waals surface area contributed by atoms with Crippen molar-refractivity contribution >= 4 is 5.96 Å². The molecule has 1 aromatic carbocycles. The van der Waals surface area contributed by atoms with E-state index in [2.05, 4.69) is 44.7 Å². The Labute approximate surface area is 173 Å². The molecule has 1 saturated heterocycles. The normalized spacial score (nSPS) is 24.6. The summed E-state index contributed by atoms with van der Waals surface area (Å²) in [6.45, 7) is 4.71. The minimum Gasteiger partial charge on any atom is -0.353 e. The van der Waals surface area contributed by atoms with Gasteiger partial charge >= 0.3 is 0 Å². The molecule has 6 heteroatoms. The number of aromatic nitrogens is 3. The van der Waals surface area contributed by atoms with Crippen LogP contribution in [0.5, 0.6) is 0 Å². The molecular formula is C23H32N6. The molecule has 1 spiro atoms. The molecule has 1 N–H and O–H groups in total. The molecule has 2 aromatic rings. The SMILES string of the molecule is Cc1nnc(CN=C(NC2CC2)N2CCCC3(CCCc4ccccc43)C2)n1C. The highest BCUT2D eigenvalue weighted by Crippen LogP contribution is 2.43. The minimum atomic E-state index is 0.278. The Morgan fingerprint density at radius 3 is 2.83 bits per heavy atom. The predicted octanol–water partition coefficient (Wildman–Crippen LogP) is 3.10. The predicted molar refractivity (Wildman–Crippen MR) is 115 cm³/mol. The molecule has 6 nitrogen and oxygen atoms in total. The second kappa shape index (κ2) is 7.47. The molecule has 2 fully saturated rings. The first-order chi connectivity index (χ1) is 14.1. The van der Waals surface area contributed by atoms with Crippen LogP contribution in [0.3, 0.4) is 0 Å². The van der Waals surface area contributed by atoms with Crippen molar-refractivity contribution in [3.63, 3.8) is 0 Å². The van der Waals surface area contributed by atoms with Gasteiger partial charge in [0.1, 0.15) is 12.4 Å². The summed E-state index contributed by atoms with van der Waals surface area (Å²) >= 11 is 0. The van der Waals surface area contributed by atoms with Crippen LogP contribution in [0.1, 0.15) is 61.3 Å². The fourth-order valence-electron chi connectivity index (χ4n) is 5.13. The Kier molecular flexibility index (Phi) is 4.80. The molecule has 2 aliphatic carbocycles. The number of hydrogen-bond donors (Lipinski definition) is 1. The Morgan fingerprint density at radius 2 is 2.03 bits per heavy atom. The number of nitrogens with one attached hydrogen (secondary N) is 1. The number of likely N-dealkylation sites (tertiary alicyclic amines) is 1. The van der Waals surface area contributed by atoms with E-state index in [9.17, 15) is 0 Å². The number of guanidine groups is 1. The van der Waals surface area contributed by atoms with Crippen molar-refractivity contribution in [3.8, 4) is 0 Å². The largest absolute Gasteiger partial charge is 0.353 e. The van der Waals surface area contributed by atoms with Crippen molar-refractivity contribution in [1.82, 2.24) is 25.0 Å². The first kappa shape index (κ1) is 18.6. The third kappa shape index (κ3) is 3.65. The molecule has 0 amide bonds. The molecule has 1 aliphatic heterocycles. The number of aryl methyl sites for hydroxylation is 2. The summed E-state index contributed by atoms with van der Waals surface area (Å²) in [5, 5.41) is 12.2. The zero-order valence-corrected chi connectivity index (χ0v) is 17.7. The lowest BCUT2D eigenvalue weighted by molar-refractivity contribution is 0.188. The van der Waals surface area contributed by atoms with Crippen LogP contribution in [0.15, 0.2) is 29.3 Å². The molecule has 29 heavy (non-hydrogen) atoms. The van der Waals surface area contributed by atoms with Crippen molar-refractivity contribution in [2.24, 2.45) is 12.0 Å². The lowest BCUT2D eigenvalue weighted by atomic mass is 9.66. The molecule has 2 heterocycles. The van der Waals surface area contributed by atoms with Crippen LogP contribution in [0.2, 0.25) is 0 Å². The zero-order valence-electron chi connectivity index (χ0n) is 17.7. The highest BCUT2D eigenvalue weighted by Gasteiger charge is 2.41. The fraction of sp³-hybridized carbons (Fsp3) is 0.609. The lowest BCUT2D eigenvalue weighted by Crippen LogP contribution is -2.53. The second-order valence-electron chi connectivity index (χ2n) is 9.10. The van der Waals surface area contributed by atoms with Crippen LogP contribution in [-0.4, -0.2) is 44.8 Å². The van der Waals surface area contributed by atoms with Gasteiger partial charge in [-0.05, 0) is 63.0 Å². The maximum absolute atomic E-state index is 5.01. The van der Waals surface area contributed by atoms with Crippen molar-refractivity contribution in [3.05, 3.63) is 47.0 Å². The zero-order chi connectivity index (χ0) is 19.8. The summed E-state index contributed by atoms with van der Waals surface area (Å²) < 4.78 is 2.04. The molecule has 3 aliphatic rings. The number of benzene rings is 1. The fourth-order valence-corrected chi connectivity index (χ4v) is 5.13. The van der Waals surface area contributed by atoms with Crippen molar-refractivity contribution < 1.29 is 0 Å². The van der Waals surface area contributed by atoms with Gasteiger partial charge in [0.05, 0.1) is 0 Å². The lowest BCUT2D eigenvalue weighted by Gasteiger charge is -2.47. The van der Waals surface area contributed by atoms with Crippen LogP contribution in [-0.2, 0) is 25.4 Å². The molecule has 1 saturated carbocycles. The van der Waals surface area contributed by atoms with E-state index in [1.807, 2.05) is 18.5 Å². The number of nitrogens with zero attached hydrogens (tertiary/aromatic N) is 5. The average Bonchev–Trinajstić information content (AvgIpc) is 3.51. The topological polar surface area (TPSA) is 58.3 Å². The first-order valence-corrected chi connectivity index (χ1v) is 11.1. The van der Waals surface area contributed by atoms with Gasteiger partial charge in [-0.1, -0.05) is 24.3 Å². The van der Waals surface area contributed by atoms with E-state index < -0.39 is 0 Å².